The molecule has 0 aliphatic rings. The molecule has 0 aliphatic carbocycles. The molecule has 0 atom stereocenters. The highest BCUT2D eigenvalue weighted by molar-refractivity contribution is 6.06. The maximum Gasteiger partial charge on any atom is 0.339 e. The van der Waals surface area contributed by atoms with E-state index in [-0.39, 0.29) is 5.78 Å². The van der Waals surface area contributed by atoms with E-state index >= 15 is 0 Å². The first-order valence-electron chi connectivity index (χ1n) is 9.84. The van der Waals surface area contributed by atoms with E-state index in [0.29, 0.717) is 44.9 Å². The van der Waals surface area contributed by atoms with Crippen molar-refractivity contribution in [3.8, 4) is 22.9 Å². The molecule has 2 heterocycles. The zero-order chi connectivity index (χ0) is 22.5. The molecule has 0 spiro atoms. The Morgan fingerprint density at radius 2 is 1.66 bits per heavy atom. The van der Waals surface area contributed by atoms with Crippen LogP contribution in [0.4, 0.5) is 0 Å². The Kier molecular flexibility index (Phi) is 6.07. The minimum atomic E-state index is -0.624. The van der Waals surface area contributed by atoms with Crippen LogP contribution in [-0.2, 0) is 4.74 Å². The van der Waals surface area contributed by atoms with Crippen molar-refractivity contribution in [3.63, 3.8) is 0 Å². The van der Waals surface area contributed by atoms with Crippen LogP contribution < -0.4 is 9.47 Å². The Labute approximate surface area is 184 Å². The quantitative estimate of drug-likeness (QED) is 0.319. The average molecular weight is 428 g/mol. The normalized spacial score (nSPS) is 10.6. The molecular weight excluding hydrogens is 408 g/mol. The van der Waals surface area contributed by atoms with Crippen molar-refractivity contribution < 1.29 is 23.8 Å². The number of methoxy groups -OCH3 is 2. The number of rotatable bonds is 7. The number of carbonyl (C=O) groups excluding carboxylic acids is 2. The number of benzene rings is 2. The SMILES string of the molecule is COc1ccc(C(=O)COC(=O)c2cc(-c3ccccn3)nc3ccccc23)c(OC)c1. The summed E-state index contributed by atoms with van der Waals surface area (Å²) in [5.41, 5.74) is 2.41. The van der Waals surface area contributed by atoms with Gasteiger partial charge in [0.25, 0.3) is 0 Å². The van der Waals surface area contributed by atoms with Gasteiger partial charge < -0.3 is 14.2 Å². The molecule has 2 aromatic carbocycles. The van der Waals surface area contributed by atoms with Crippen LogP contribution in [-0.4, -0.2) is 42.5 Å². The lowest BCUT2D eigenvalue weighted by atomic mass is 10.1. The summed E-state index contributed by atoms with van der Waals surface area (Å²) in [6, 6.07) is 19.2. The molecule has 160 valence electrons. The molecule has 0 aliphatic heterocycles. The van der Waals surface area contributed by atoms with Crippen LogP contribution in [0.25, 0.3) is 22.3 Å². The van der Waals surface area contributed by atoms with Crippen molar-refractivity contribution in [3.05, 3.63) is 84.1 Å². The third-order valence-electron chi connectivity index (χ3n) is 4.91. The smallest absolute Gasteiger partial charge is 0.339 e. The zero-order valence-corrected chi connectivity index (χ0v) is 17.6. The molecule has 4 rings (SSSR count). The van der Waals surface area contributed by atoms with Gasteiger partial charge in [-0.2, -0.15) is 0 Å². The molecule has 0 amide bonds. The van der Waals surface area contributed by atoms with Gasteiger partial charge in [-0.15, -0.1) is 0 Å². The molecule has 4 aromatic rings. The van der Waals surface area contributed by atoms with Crippen LogP contribution >= 0.6 is 0 Å². The molecule has 0 unspecified atom stereocenters. The van der Waals surface area contributed by atoms with Gasteiger partial charge in [-0.1, -0.05) is 24.3 Å². The lowest BCUT2D eigenvalue weighted by Gasteiger charge is -2.11. The highest BCUT2D eigenvalue weighted by Crippen LogP contribution is 2.26. The van der Waals surface area contributed by atoms with Crippen LogP contribution in [0.5, 0.6) is 11.5 Å². The maximum atomic E-state index is 13.0. The highest BCUT2D eigenvalue weighted by Gasteiger charge is 2.19. The Bertz CT molecular complexity index is 1290. The second-order valence-electron chi connectivity index (χ2n) is 6.85. The Balaban J connectivity index is 1.61. The summed E-state index contributed by atoms with van der Waals surface area (Å²) in [4.78, 5) is 34.6. The van der Waals surface area contributed by atoms with E-state index in [0.717, 1.165) is 0 Å². The highest BCUT2D eigenvalue weighted by atomic mass is 16.5. The molecule has 0 radical (unpaired) electrons. The standard InChI is InChI=1S/C25H20N2O5/c1-30-16-10-11-18(24(13-16)31-2)23(28)15-32-25(29)19-14-22(21-9-5-6-12-26-21)27-20-8-4-3-7-17(19)20/h3-14H,15H2,1-2H3. The number of hydrogen-bond acceptors (Lipinski definition) is 7. The number of Topliss-reactive ketones (excluding diaryl/α,β-unsaturated/α-hetero) is 1. The van der Waals surface area contributed by atoms with E-state index < -0.39 is 12.6 Å². The van der Waals surface area contributed by atoms with Crippen molar-refractivity contribution in [1.29, 1.82) is 0 Å². The lowest BCUT2D eigenvalue weighted by molar-refractivity contribution is 0.0476. The number of esters is 1. The van der Waals surface area contributed by atoms with E-state index in [2.05, 4.69) is 9.97 Å². The second kappa shape index (κ2) is 9.26. The first-order chi connectivity index (χ1) is 15.6. The molecule has 0 fully saturated rings. The zero-order valence-electron chi connectivity index (χ0n) is 17.6. The van der Waals surface area contributed by atoms with Crippen molar-refractivity contribution in [2.24, 2.45) is 0 Å². The second-order valence-corrected chi connectivity index (χ2v) is 6.85. The van der Waals surface area contributed by atoms with Crippen molar-refractivity contribution in [2.75, 3.05) is 20.8 Å². The van der Waals surface area contributed by atoms with Gasteiger partial charge >= 0.3 is 5.97 Å². The molecule has 7 nitrogen and oxygen atoms in total. The van der Waals surface area contributed by atoms with Gasteiger partial charge in [-0.3, -0.25) is 9.78 Å². The van der Waals surface area contributed by atoms with Gasteiger partial charge in [-0.05, 0) is 36.4 Å². The number of ether oxygens (including phenoxy) is 3. The fourth-order valence-electron chi connectivity index (χ4n) is 3.31. The largest absolute Gasteiger partial charge is 0.497 e. The summed E-state index contributed by atoms with van der Waals surface area (Å²) in [5.74, 6) is -0.110. The molecule has 7 heteroatoms. The van der Waals surface area contributed by atoms with Gasteiger partial charge in [0.2, 0.25) is 5.78 Å². The van der Waals surface area contributed by atoms with Gasteiger partial charge in [0.05, 0.1) is 42.3 Å². The molecular formula is C25H20N2O5. The van der Waals surface area contributed by atoms with Crippen LogP contribution in [0.15, 0.2) is 72.9 Å². The number of carbonyl (C=O) groups is 2. The summed E-state index contributed by atoms with van der Waals surface area (Å²) < 4.78 is 15.8. The monoisotopic (exact) mass is 428 g/mol. The first kappa shape index (κ1) is 21.0. The van der Waals surface area contributed by atoms with Gasteiger partial charge in [0.1, 0.15) is 11.5 Å². The fraction of sp³-hybridized carbons (Fsp3) is 0.120. The van der Waals surface area contributed by atoms with E-state index in [1.807, 2.05) is 30.3 Å². The van der Waals surface area contributed by atoms with Crippen LogP contribution in [0, 0.1) is 0 Å². The Hall–Kier alpha value is -4.26. The molecule has 2 aromatic heterocycles. The summed E-state index contributed by atoms with van der Waals surface area (Å²) in [7, 11) is 2.98. The van der Waals surface area contributed by atoms with E-state index in [1.54, 1.807) is 42.6 Å². The van der Waals surface area contributed by atoms with Crippen molar-refractivity contribution in [1.82, 2.24) is 9.97 Å². The minimum absolute atomic E-state index is 0.301. The Morgan fingerprint density at radius 1 is 0.844 bits per heavy atom. The summed E-state index contributed by atoms with van der Waals surface area (Å²) >= 11 is 0. The summed E-state index contributed by atoms with van der Waals surface area (Å²) in [5, 5.41) is 0.631. The van der Waals surface area contributed by atoms with Crippen LogP contribution in [0.3, 0.4) is 0 Å². The number of para-hydroxylation sites is 1. The maximum absolute atomic E-state index is 13.0. The molecule has 0 N–H and O–H groups in total. The minimum Gasteiger partial charge on any atom is -0.497 e. The number of fused-ring (bicyclic) bond motifs is 1. The van der Waals surface area contributed by atoms with Crippen LogP contribution in [0.1, 0.15) is 20.7 Å². The number of hydrogen-bond donors (Lipinski definition) is 0. The van der Waals surface area contributed by atoms with Crippen molar-refractivity contribution in [2.45, 2.75) is 0 Å². The molecule has 32 heavy (non-hydrogen) atoms. The summed E-state index contributed by atoms with van der Waals surface area (Å²) in [6.07, 6.45) is 1.66. The van der Waals surface area contributed by atoms with E-state index in [1.165, 1.54) is 14.2 Å². The number of aromatic nitrogens is 2. The third kappa shape index (κ3) is 4.27. The predicted molar refractivity (Wildman–Crippen MR) is 119 cm³/mol. The Morgan fingerprint density at radius 3 is 2.41 bits per heavy atom. The molecule has 0 saturated carbocycles. The fourth-order valence-corrected chi connectivity index (χ4v) is 3.31. The molecule has 0 saturated heterocycles. The number of pyridine rings is 2. The van der Waals surface area contributed by atoms with Gasteiger partial charge in [-0.25, -0.2) is 9.78 Å². The van der Waals surface area contributed by atoms with Crippen LogP contribution in [0.2, 0.25) is 0 Å². The summed E-state index contributed by atoms with van der Waals surface area (Å²) in [6.45, 7) is -0.433. The first-order valence-corrected chi connectivity index (χ1v) is 9.84. The number of nitrogens with zero attached hydrogens (tertiary/aromatic N) is 2. The van der Waals surface area contributed by atoms with E-state index in [4.69, 9.17) is 14.2 Å². The third-order valence-corrected chi connectivity index (χ3v) is 4.91. The number of ketones is 1. The van der Waals surface area contributed by atoms with Gasteiger partial charge in [0, 0.05) is 17.6 Å². The topological polar surface area (TPSA) is 87.6 Å². The predicted octanol–water partition coefficient (Wildman–Crippen LogP) is 4.35. The van der Waals surface area contributed by atoms with Gasteiger partial charge in [0.15, 0.2) is 6.61 Å². The van der Waals surface area contributed by atoms with E-state index in [9.17, 15) is 9.59 Å². The van der Waals surface area contributed by atoms with Crippen molar-refractivity contribution >= 4 is 22.7 Å². The molecule has 0 bridgehead atoms. The lowest BCUT2D eigenvalue weighted by Crippen LogP contribution is -2.15. The average Bonchev–Trinajstić information content (AvgIpc) is 2.86.